The number of alkyl carbamates (subject to hydrolysis) is 1. The summed E-state index contributed by atoms with van der Waals surface area (Å²) in [6, 6.07) is 3.27. The van der Waals surface area contributed by atoms with Crippen LogP contribution in [0.25, 0.3) is 6.08 Å². The number of rotatable bonds is 7. The van der Waals surface area contributed by atoms with Crippen molar-refractivity contribution in [3.8, 4) is 11.5 Å². The molecule has 8 nitrogen and oxygen atoms in total. The van der Waals surface area contributed by atoms with Gasteiger partial charge in [-0.05, 0) is 66.1 Å². The molecule has 0 bridgehead atoms. The van der Waals surface area contributed by atoms with Crippen molar-refractivity contribution in [1.82, 2.24) is 5.32 Å². The Morgan fingerprint density at radius 1 is 1.09 bits per heavy atom. The SMILES string of the molecule is COc1cc(C=O)cc(C=C(CNC(=O)OC(C)(C)C)B2OC(C)(C)C(C)(C)O2)c1OC. The first kappa shape index (κ1) is 25.7. The van der Waals surface area contributed by atoms with E-state index in [1.165, 1.54) is 14.2 Å². The summed E-state index contributed by atoms with van der Waals surface area (Å²) < 4.78 is 28.6. The van der Waals surface area contributed by atoms with Crippen LogP contribution in [0.4, 0.5) is 4.79 Å². The number of ether oxygens (including phenoxy) is 3. The van der Waals surface area contributed by atoms with Crippen molar-refractivity contribution in [1.29, 1.82) is 0 Å². The quantitative estimate of drug-likeness (QED) is 0.498. The normalized spacial score (nSPS) is 17.7. The number of carbonyl (C=O) groups excluding carboxylic acids is 2. The Balaban J connectivity index is 2.48. The summed E-state index contributed by atoms with van der Waals surface area (Å²) in [4.78, 5) is 23.7. The molecule has 1 heterocycles. The van der Waals surface area contributed by atoms with Gasteiger partial charge in [0.05, 0.1) is 25.4 Å². The molecule has 1 N–H and O–H groups in total. The largest absolute Gasteiger partial charge is 0.493 e. The zero-order valence-corrected chi connectivity index (χ0v) is 20.5. The molecule has 176 valence electrons. The Morgan fingerprint density at radius 3 is 2.16 bits per heavy atom. The maximum atomic E-state index is 12.3. The highest BCUT2D eigenvalue weighted by atomic mass is 16.7. The number of methoxy groups -OCH3 is 2. The number of nitrogens with one attached hydrogen (secondary N) is 1. The highest BCUT2D eigenvalue weighted by Gasteiger charge is 2.52. The summed E-state index contributed by atoms with van der Waals surface area (Å²) in [5, 5.41) is 2.75. The van der Waals surface area contributed by atoms with Gasteiger partial charge in [0.25, 0.3) is 0 Å². The molecule has 1 fully saturated rings. The lowest BCUT2D eigenvalue weighted by Gasteiger charge is -2.32. The number of amides is 1. The molecule has 1 aromatic rings. The minimum atomic E-state index is -0.731. The van der Waals surface area contributed by atoms with Gasteiger partial charge in [0.15, 0.2) is 11.5 Å². The Labute approximate surface area is 190 Å². The van der Waals surface area contributed by atoms with Gasteiger partial charge in [-0.3, -0.25) is 4.79 Å². The summed E-state index contributed by atoms with van der Waals surface area (Å²) in [7, 11) is 2.29. The Hall–Kier alpha value is -2.52. The standard InChI is InChI=1S/C23H34BNO7/c1-21(2,3)30-20(27)25-13-17(24-31-22(4,5)23(6,7)32-24)12-16-10-15(14-26)11-18(28-8)19(16)29-9/h10-12,14H,13H2,1-9H3,(H,25,27). The van der Waals surface area contributed by atoms with Crippen LogP contribution in [0.2, 0.25) is 0 Å². The second-order valence-corrected chi connectivity index (χ2v) is 9.63. The molecule has 0 spiro atoms. The van der Waals surface area contributed by atoms with E-state index in [1.807, 2.05) is 27.7 Å². The van der Waals surface area contributed by atoms with Gasteiger partial charge in [0.1, 0.15) is 11.9 Å². The van der Waals surface area contributed by atoms with Gasteiger partial charge in [0.2, 0.25) is 0 Å². The average Bonchev–Trinajstić information content (AvgIpc) is 2.89. The molecule has 0 radical (unpaired) electrons. The molecule has 1 amide bonds. The fraction of sp³-hybridized carbons (Fsp3) is 0.565. The van der Waals surface area contributed by atoms with Gasteiger partial charge in [-0.2, -0.15) is 0 Å². The average molecular weight is 447 g/mol. The summed E-state index contributed by atoms with van der Waals surface area (Å²) in [6.07, 6.45) is 1.94. The molecule has 0 atom stereocenters. The molecule has 0 aromatic heterocycles. The van der Waals surface area contributed by atoms with E-state index in [4.69, 9.17) is 23.5 Å². The molecule has 1 aliphatic heterocycles. The molecular formula is C23H34BNO7. The van der Waals surface area contributed by atoms with E-state index in [-0.39, 0.29) is 6.54 Å². The summed E-state index contributed by atoms with van der Waals surface area (Å²) >= 11 is 0. The van der Waals surface area contributed by atoms with E-state index in [2.05, 4.69) is 5.32 Å². The van der Waals surface area contributed by atoms with E-state index < -0.39 is 30.0 Å². The van der Waals surface area contributed by atoms with E-state index in [0.29, 0.717) is 28.1 Å². The van der Waals surface area contributed by atoms with Crippen LogP contribution in [0, 0.1) is 0 Å². The lowest BCUT2D eigenvalue weighted by atomic mass is 9.76. The van der Waals surface area contributed by atoms with Gasteiger partial charge >= 0.3 is 13.2 Å². The molecule has 2 rings (SSSR count). The monoisotopic (exact) mass is 447 g/mol. The molecular weight excluding hydrogens is 413 g/mol. The van der Waals surface area contributed by atoms with Crippen molar-refractivity contribution >= 4 is 25.6 Å². The zero-order valence-electron chi connectivity index (χ0n) is 20.5. The van der Waals surface area contributed by atoms with Gasteiger partial charge < -0.3 is 28.8 Å². The van der Waals surface area contributed by atoms with Crippen LogP contribution in [0.1, 0.15) is 64.4 Å². The molecule has 1 aromatic carbocycles. The minimum Gasteiger partial charge on any atom is -0.493 e. The summed E-state index contributed by atoms with van der Waals surface area (Å²) in [5.41, 5.74) is -0.151. The van der Waals surface area contributed by atoms with Gasteiger partial charge in [-0.15, -0.1) is 0 Å². The number of hydrogen-bond acceptors (Lipinski definition) is 7. The van der Waals surface area contributed by atoms with E-state index in [0.717, 1.165) is 6.29 Å². The lowest BCUT2D eigenvalue weighted by Crippen LogP contribution is -2.41. The third kappa shape index (κ3) is 6.04. The molecule has 0 unspecified atom stereocenters. The van der Waals surface area contributed by atoms with Gasteiger partial charge in [0, 0.05) is 17.7 Å². The molecule has 9 heteroatoms. The van der Waals surface area contributed by atoms with Crippen LogP contribution in [0.5, 0.6) is 11.5 Å². The van der Waals surface area contributed by atoms with Crippen LogP contribution < -0.4 is 14.8 Å². The van der Waals surface area contributed by atoms with Crippen LogP contribution in [0.3, 0.4) is 0 Å². The van der Waals surface area contributed by atoms with Crippen molar-refractivity contribution in [2.75, 3.05) is 20.8 Å². The van der Waals surface area contributed by atoms with Crippen molar-refractivity contribution in [3.63, 3.8) is 0 Å². The van der Waals surface area contributed by atoms with E-state index >= 15 is 0 Å². The van der Waals surface area contributed by atoms with Crippen molar-refractivity contribution in [3.05, 3.63) is 28.7 Å². The van der Waals surface area contributed by atoms with Crippen molar-refractivity contribution in [2.24, 2.45) is 0 Å². The predicted molar refractivity (Wildman–Crippen MR) is 123 cm³/mol. The topological polar surface area (TPSA) is 92.3 Å². The van der Waals surface area contributed by atoms with Crippen LogP contribution in [0.15, 0.2) is 17.6 Å². The Morgan fingerprint density at radius 2 is 1.69 bits per heavy atom. The lowest BCUT2D eigenvalue weighted by molar-refractivity contribution is 0.00578. The molecule has 32 heavy (non-hydrogen) atoms. The molecule has 1 saturated heterocycles. The molecule has 1 aliphatic rings. The fourth-order valence-corrected chi connectivity index (χ4v) is 3.08. The first-order chi connectivity index (χ1) is 14.7. The van der Waals surface area contributed by atoms with E-state index in [1.54, 1.807) is 39.0 Å². The molecule has 0 saturated carbocycles. The van der Waals surface area contributed by atoms with E-state index in [9.17, 15) is 9.59 Å². The minimum absolute atomic E-state index is 0.0997. The first-order valence-corrected chi connectivity index (χ1v) is 10.5. The second kappa shape index (κ2) is 9.54. The first-order valence-electron chi connectivity index (χ1n) is 10.5. The number of aldehydes is 1. The van der Waals surface area contributed by atoms with Gasteiger partial charge in [-0.1, -0.05) is 6.08 Å². The number of hydrogen-bond donors (Lipinski definition) is 1. The maximum absolute atomic E-state index is 12.3. The van der Waals surface area contributed by atoms with Crippen molar-refractivity contribution < 1.29 is 33.1 Å². The highest BCUT2D eigenvalue weighted by Crippen LogP contribution is 2.40. The smallest absolute Gasteiger partial charge is 0.492 e. The Kier molecular flexibility index (Phi) is 7.68. The zero-order chi connectivity index (χ0) is 24.3. The van der Waals surface area contributed by atoms with Crippen LogP contribution in [-0.4, -0.2) is 57.1 Å². The van der Waals surface area contributed by atoms with Crippen LogP contribution >= 0.6 is 0 Å². The number of benzene rings is 1. The van der Waals surface area contributed by atoms with Crippen molar-refractivity contribution in [2.45, 2.75) is 65.3 Å². The number of carbonyl (C=O) groups is 2. The predicted octanol–water partition coefficient (Wildman–Crippen LogP) is 4.06. The third-order valence-electron chi connectivity index (χ3n) is 5.40. The summed E-state index contributed by atoms with van der Waals surface area (Å²) in [5.74, 6) is 0.862. The highest BCUT2D eigenvalue weighted by molar-refractivity contribution is 6.56. The fourth-order valence-electron chi connectivity index (χ4n) is 3.08. The third-order valence-corrected chi connectivity index (χ3v) is 5.40. The maximum Gasteiger partial charge on any atom is 0.492 e. The summed E-state index contributed by atoms with van der Waals surface area (Å²) in [6.45, 7) is 13.3. The van der Waals surface area contributed by atoms with Gasteiger partial charge in [-0.25, -0.2) is 4.79 Å². The second-order valence-electron chi connectivity index (χ2n) is 9.63. The van der Waals surface area contributed by atoms with Crippen LogP contribution in [-0.2, 0) is 14.0 Å². The molecule has 0 aliphatic carbocycles. The Bertz CT molecular complexity index is 871.